The molecular formula is C10H15FmN2O5-. The normalized spacial score (nSPS) is 12.3. The third-order valence-electron chi connectivity index (χ3n) is 1.99. The number of rotatable bonds is 7. The molecular weight excluding hydrogens is 485 g/mol. The Hall–Kier alpha value is -3.05. The van der Waals surface area contributed by atoms with E-state index in [1.807, 2.05) is 5.32 Å². The fourth-order valence-electron chi connectivity index (χ4n) is 1.05. The van der Waals surface area contributed by atoms with Gasteiger partial charge in [-0.25, -0.2) is 9.59 Å². The number of nitrogens with zero attached hydrogens (tertiary/aromatic N) is 1. The summed E-state index contributed by atoms with van der Waals surface area (Å²) in [5.74, 6) is -1.27. The fraction of sp³-hybridized carbons (Fsp3) is 0.500. The molecule has 0 heterocycles. The smallest absolute Gasteiger partial charge is 0.409 e. The van der Waals surface area contributed by atoms with Gasteiger partial charge in [-0.3, -0.25) is 0 Å². The van der Waals surface area contributed by atoms with Gasteiger partial charge in [0.1, 0.15) is 12.1 Å². The number of hydrogen-bond donors (Lipinski definition) is 2. The first kappa shape index (κ1) is 17.3. The standard InChI is InChI=1S/C10H15N2O5.Fm/c1-4-5-17-9(16)12(3)6-10(2,8(14)15)11-7-13;/h4H,1,5-6H2,2-3H3,(H,11,13)(H,14,15);/q-1;. The van der Waals surface area contributed by atoms with Crippen LogP contribution in [0.15, 0.2) is 12.7 Å². The van der Waals surface area contributed by atoms with Crippen molar-refractivity contribution in [2.45, 2.75) is 12.5 Å². The van der Waals surface area contributed by atoms with Crippen LogP contribution in [0.25, 0.3) is 0 Å². The molecule has 108 valence electrons. The number of carboxylic acid groups (broad SMARTS) is 1. The summed E-state index contributed by atoms with van der Waals surface area (Å²) in [6, 6.07) is 0. The van der Waals surface area contributed by atoms with Crippen molar-refractivity contribution in [3.63, 3.8) is 0 Å². The number of carbonyl (C=O) groups is 2. The Labute approximate surface area is 99.0 Å². The van der Waals surface area contributed by atoms with E-state index in [1.165, 1.54) is 26.5 Å². The molecule has 0 saturated heterocycles. The molecule has 0 aliphatic heterocycles. The van der Waals surface area contributed by atoms with E-state index >= 15 is 0 Å². The third kappa shape index (κ3) is 4.65. The summed E-state index contributed by atoms with van der Waals surface area (Å²) in [6.45, 7) is 4.42. The Bertz CT molecular complexity index is 323. The van der Waals surface area contributed by atoms with Crippen molar-refractivity contribution in [2.75, 3.05) is 20.2 Å². The van der Waals surface area contributed by atoms with E-state index in [2.05, 4.69) is 6.58 Å². The van der Waals surface area contributed by atoms with E-state index in [-0.39, 0.29) is 13.2 Å². The van der Waals surface area contributed by atoms with E-state index in [9.17, 15) is 14.4 Å². The van der Waals surface area contributed by atoms with Crippen LogP contribution < -0.4 is 5.32 Å². The van der Waals surface area contributed by atoms with Crippen molar-refractivity contribution in [3.8, 4) is 0 Å². The molecule has 0 bridgehead atoms. The van der Waals surface area contributed by atoms with Crippen LogP contribution in [0.2, 0.25) is 0 Å². The molecule has 0 aromatic heterocycles. The Morgan fingerprint density at radius 1 is 1.61 bits per heavy atom. The summed E-state index contributed by atoms with van der Waals surface area (Å²) in [5.41, 5.74) is -1.61. The quantitative estimate of drug-likeness (QED) is 0.286. The van der Waals surface area contributed by atoms with Gasteiger partial charge >= 0.3 is 12.1 Å². The second-order valence-electron chi connectivity index (χ2n) is 3.59. The molecule has 7 nitrogen and oxygen atoms in total. The van der Waals surface area contributed by atoms with E-state index in [0.717, 1.165) is 4.90 Å². The van der Waals surface area contributed by atoms with Gasteiger partial charge in [0.2, 0.25) is 0 Å². The van der Waals surface area contributed by atoms with Crippen molar-refractivity contribution in [1.29, 1.82) is 0 Å². The van der Waals surface area contributed by atoms with Gasteiger partial charge in [0.15, 0.2) is 0 Å². The van der Waals surface area contributed by atoms with Crippen LogP contribution in [0.5, 0.6) is 0 Å². The van der Waals surface area contributed by atoms with Crippen molar-refractivity contribution < 1.29 is 24.2 Å². The molecule has 0 aromatic rings. The molecule has 8 heteroatoms. The zero-order chi connectivity index (χ0) is 13.5. The molecule has 0 aromatic carbocycles. The zero-order valence-electron chi connectivity index (χ0n) is 10.0. The average molecular weight is 500 g/mol. The maximum atomic E-state index is 11.3. The second kappa shape index (κ2) is 7.26. The Morgan fingerprint density at radius 3 is 2.56 bits per heavy atom. The number of hydrogen-bond acceptors (Lipinski definition) is 4. The van der Waals surface area contributed by atoms with E-state index in [0.29, 0.717) is 0 Å². The first-order valence-electron chi connectivity index (χ1n) is 4.74. The van der Waals surface area contributed by atoms with Crippen molar-refractivity contribution in [1.82, 2.24) is 10.2 Å². The van der Waals surface area contributed by atoms with Crippen LogP contribution in [-0.2, 0) is 14.3 Å². The largest absolute Gasteiger partial charge is 0.520 e. The molecule has 0 saturated carbocycles. The molecule has 0 radical (unpaired) electrons. The maximum absolute atomic E-state index is 11.3. The monoisotopic (exact) mass is 500 g/mol. The SMILES string of the molecule is C=CCOC(=O)N(C)CC(C)(N[C-]=O)C(=O)O.[Fm]. The van der Waals surface area contributed by atoms with Crippen LogP contribution in [0.1, 0.15) is 6.92 Å². The molecule has 0 spiro atoms. The molecule has 0 rings (SSSR count). The van der Waals surface area contributed by atoms with Gasteiger partial charge in [-0.2, -0.15) is 6.41 Å². The van der Waals surface area contributed by atoms with E-state index < -0.39 is 17.6 Å². The zero-order valence-corrected chi connectivity index (χ0v) is 12.4. The molecule has 0 aliphatic carbocycles. The summed E-state index contributed by atoms with van der Waals surface area (Å²) in [4.78, 5) is 33.5. The first-order valence-corrected chi connectivity index (χ1v) is 4.74. The number of carboxylic acids is 1. The van der Waals surface area contributed by atoms with Crippen molar-refractivity contribution in [3.05, 3.63) is 12.7 Å². The minimum atomic E-state index is -1.61. The number of ether oxygens (including phenoxy) is 1. The van der Waals surface area contributed by atoms with Gasteiger partial charge in [0.05, 0.1) is 6.54 Å². The van der Waals surface area contributed by atoms with Crippen LogP contribution in [0, 0.1) is 0 Å². The van der Waals surface area contributed by atoms with Gasteiger partial charge < -0.3 is 24.9 Å². The summed E-state index contributed by atoms with van der Waals surface area (Å²) in [5, 5.41) is 11.0. The molecule has 2 amide bonds. The summed E-state index contributed by atoms with van der Waals surface area (Å²) in [6.07, 6.45) is 1.99. The third-order valence-corrected chi connectivity index (χ3v) is 1.99. The number of amides is 2. The topological polar surface area (TPSA) is 95.9 Å². The Kier molecular flexibility index (Phi) is 7.00. The van der Waals surface area contributed by atoms with E-state index in [1.54, 1.807) is 0 Å². The van der Waals surface area contributed by atoms with Crippen molar-refractivity contribution in [2.24, 2.45) is 0 Å². The van der Waals surface area contributed by atoms with Gasteiger partial charge in [0, 0.05) is 7.05 Å². The molecule has 0 fully saturated rings. The number of aliphatic carboxylic acids is 1. The minimum absolute atomic E-state index is 0. The Morgan fingerprint density at radius 2 is 2.17 bits per heavy atom. The first-order chi connectivity index (χ1) is 7.87. The molecule has 18 heavy (non-hydrogen) atoms. The molecule has 0 aliphatic rings. The van der Waals surface area contributed by atoms with Gasteiger partial charge in [0.25, 0.3) is 0 Å². The molecule has 1 atom stereocenters. The number of carbonyl (C=O) groups excluding carboxylic acids is 2. The van der Waals surface area contributed by atoms with Crippen LogP contribution >= 0.6 is 0 Å². The van der Waals surface area contributed by atoms with Crippen LogP contribution in [0.4, 0.5) is 4.79 Å². The predicted molar refractivity (Wildman–Crippen MR) is 59.0 cm³/mol. The van der Waals surface area contributed by atoms with Gasteiger partial charge in [-0.15, -0.1) is 0 Å². The van der Waals surface area contributed by atoms with E-state index in [4.69, 9.17) is 9.84 Å². The van der Waals surface area contributed by atoms with Crippen LogP contribution in [-0.4, -0.2) is 54.2 Å². The van der Waals surface area contributed by atoms with Crippen LogP contribution in [0.3, 0.4) is 0 Å². The van der Waals surface area contributed by atoms with Crippen molar-refractivity contribution >= 4 is 18.5 Å². The maximum Gasteiger partial charge on any atom is 0.409 e. The predicted octanol–water partition coefficient (Wildman–Crippen LogP) is -0.259. The van der Waals surface area contributed by atoms with Gasteiger partial charge in [-0.1, -0.05) is 12.7 Å². The summed E-state index contributed by atoms with van der Waals surface area (Å²) < 4.78 is 4.71. The fourth-order valence-corrected chi connectivity index (χ4v) is 1.05. The average Bonchev–Trinajstić information content (AvgIpc) is 2.25. The minimum Gasteiger partial charge on any atom is -0.520 e. The number of likely N-dealkylation sites (N-methyl/N-ethyl adjacent to an activating group) is 1. The van der Waals surface area contributed by atoms with Gasteiger partial charge in [-0.05, 0) is 6.92 Å². The number of nitrogens with one attached hydrogen (secondary N) is 1. The summed E-state index contributed by atoms with van der Waals surface area (Å²) in [7, 11) is 1.36. The Balaban J connectivity index is 0. The molecule has 2 N–H and O–H groups in total. The molecule has 1 unspecified atom stereocenters. The second-order valence-corrected chi connectivity index (χ2v) is 3.59. The summed E-state index contributed by atoms with van der Waals surface area (Å²) >= 11 is 0.